The van der Waals surface area contributed by atoms with E-state index in [0.29, 0.717) is 17.4 Å². The van der Waals surface area contributed by atoms with Crippen LogP contribution in [-0.4, -0.2) is 22.5 Å². The summed E-state index contributed by atoms with van der Waals surface area (Å²) in [6.07, 6.45) is 3.49. The number of fused-ring (bicyclic) bond motifs is 1. The number of amides is 1. The summed E-state index contributed by atoms with van der Waals surface area (Å²) in [7, 11) is 0. The lowest BCUT2D eigenvalue weighted by Gasteiger charge is -2.20. The Morgan fingerprint density at radius 2 is 1.90 bits per heavy atom. The minimum Gasteiger partial charge on any atom is -0.483 e. The van der Waals surface area contributed by atoms with Crippen molar-refractivity contribution in [3.05, 3.63) is 83.2 Å². The molecular weight excluding hydrogens is 394 g/mol. The second-order valence-electron chi connectivity index (χ2n) is 7.32. The van der Waals surface area contributed by atoms with Crippen LogP contribution in [0.15, 0.2) is 60.9 Å². The summed E-state index contributed by atoms with van der Waals surface area (Å²) in [5, 5.41) is 0.668. The van der Waals surface area contributed by atoms with Gasteiger partial charge in [-0.25, -0.2) is 4.98 Å². The maximum atomic E-state index is 13.2. The number of carbonyl (C=O) groups excluding carboxylic acids is 1. The van der Waals surface area contributed by atoms with Gasteiger partial charge in [-0.1, -0.05) is 41.7 Å². The smallest absolute Gasteiger partial charge is 0.267 e. The van der Waals surface area contributed by atoms with Crippen molar-refractivity contribution in [1.82, 2.24) is 9.97 Å². The summed E-state index contributed by atoms with van der Waals surface area (Å²) in [5.74, 6) is 0.568. The number of nitrogens with zero attached hydrogens (tertiary/aromatic N) is 3. The third-order valence-electron chi connectivity index (χ3n) is 4.86. The molecule has 152 valence electrons. The molecule has 4 rings (SSSR count). The van der Waals surface area contributed by atoms with Gasteiger partial charge in [0, 0.05) is 12.4 Å². The Kier molecular flexibility index (Phi) is 5.77. The number of aromatic nitrogens is 2. The summed E-state index contributed by atoms with van der Waals surface area (Å²) in [5.41, 5.74) is 5.16. The number of hydrogen-bond donors (Lipinski definition) is 0. The maximum absolute atomic E-state index is 13.2. The summed E-state index contributed by atoms with van der Waals surface area (Å²) < 4.78 is 6.90. The van der Waals surface area contributed by atoms with Gasteiger partial charge in [-0.3, -0.25) is 14.7 Å². The molecular formula is C24H23N3O2S. The number of rotatable bonds is 6. The third-order valence-corrected chi connectivity index (χ3v) is 5.88. The normalized spacial score (nSPS) is 10.9. The molecule has 0 aliphatic heterocycles. The Hall–Kier alpha value is -3.25. The van der Waals surface area contributed by atoms with Gasteiger partial charge in [-0.15, -0.1) is 0 Å². The molecule has 0 unspecified atom stereocenters. The van der Waals surface area contributed by atoms with E-state index >= 15 is 0 Å². The molecule has 4 aromatic rings. The summed E-state index contributed by atoms with van der Waals surface area (Å²) >= 11 is 1.52. The molecule has 0 bridgehead atoms. The zero-order valence-corrected chi connectivity index (χ0v) is 18.1. The van der Waals surface area contributed by atoms with Crippen molar-refractivity contribution in [1.29, 1.82) is 0 Å². The Labute approximate surface area is 180 Å². The Bertz CT molecular complexity index is 1190. The molecule has 0 fully saturated rings. The van der Waals surface area contributed by atoms with E-state index in [0.717, 1.165) is 26.9 Å². The van der Waals surface area contributed by atoms with Crippen molar-refractivity contribution in [2.24, 2.45) is 0 Å². The van der Waals surface area contributed by atoms with Crippen LogP contribution in [0.2, 0.25) is 0 Å². The number of aryl methyl sites for hydroxylation is 3. The van der Waals surface area contributed by atoms with Crippen LogP contribution in [-0.2, 0) is 11.3 Å². The number of carbonyl (C=O) groups is 1. The lowest BCUT2D eigenvalue weighted by Crippen LogP contribution is -2.34. The minimum absolute atomic E-state index is 0.0565. The number of ether oxygens (including phenoxy) is 1. The van der Waals surface area contributed by atoms with E-state index in [1.807, 2.05) is 50.2 Å². The lowest BCUT2D eigenvalue weighted by molar-refractivity contribution is -0.120. The first-order valence-corrected chi connectivity index (χ1v) is 10.6. The molecule has 0 saturated carbocycles. The summed E-state index contributed by atoms with van der Waals surface area (Å²) in [6.45, 7) is 6.42. The highest BCUT2D eigenvalue weighted by molar-refractivity contribution is 7.22. The average molecular weight is 418 g/mol. The van der Waals surface area contributed by atoms with Crippen LogP contribution in [0.4, 0.5) is 5.13 Å². The van der Waals surface area contributed by atoms with Crippen molar-refractivity contribution in [2.75, 3.05) is 11.5 Å². The number of hydrogen-bond acceptors (Lipinski definition) is 5. The molecule has 6 heteroatoms. The molecule has 0 aliphatic carbocycles. The van der Waals surface area contributed by atoms with Crippen LogP contribution < -0.4 is 9.64 Å². The van der Waals surface area contributed by atoms with Gasteiger partial charge in [0.25, 0.3) is 5.91 Å². The van der Waals surface area contributed by atoms with Gasteiger partial charge in [-0.2, -0.15) is 0 Å². The highest BCUT2D eigenvalue weighted by atomic mass is 32.1. The molecule has 0 spiro atoms. The summed E-state index contributed by atoms with van der Waals surface area (Å²) in [4.78, 5) is 23.9. The van der Waals surface area contributed by atoms with E-state index in [-0.39, 0.29) is 12.5 Å². The topological polar surface area (TPSA) is 55.3 Å². The predicted molar refractivity (Wildman–Crippen MR) is 121 cm³/mol. The third kappa shape index (κ3) is 4.33. The molecule has 5 nitrogen and oxygen atoms in total. The van der Waals surface area contributed by atoms with Crippen molar-refractivity contribution < 1.29 is 9.53 Å². The van der Waals surface area contributed by atoms with Gasteiger partial charge in [0.15, 0.2) is 11.7 Å². The van der Waals surface area contributed by atoms with Crippen LogP contribution >= 0.6 is 11.3 Å². The van der Waals surface area contributed by atoms with Gasteiger partial charge in [0.2, 0.25) is 0 Å². The van der Waals surface area contributed by atoms with Crippen molar-refractivity contribution >= 4 is 32.6 Å². The van der Waals surface area contributed by atoms with Gasteiger partial charge >= 0.3 is 0 Å². The molecule has 2 aromatic carbocycles. The molecule has 0 saturated heterocycles. The van der Waals surface area contributed by atoms with E-state index in [1.54, 1.807) is 17.3 Å². The highest BCUT2D eigenvalue weighted by Crippen LogP contribution is 2.32. The van der Waals surface area contributed by atoms with Gasteiger partial charge < -0.3 is 4.74 Å². The lowest BCUT2D eigenvalue weighted by atomic mass is 10.1. The molecule has 0 aliphatic rings. The first-order chi connectivity index (χ1) is 14.5. The Morgan fingerprint density at radius 1 is 1.07 bits per heavy atom. The van der Waals surface area contributed by atoms with Crippen LogP contribution in [0.3, 0.4) is 0 Å². The molecule has 2 heterocycles. The number of pyridine rings is 1. The van der Waals surface area contributed by atoms with Crippen molar-refractivity contribution in [2.45, 2.75) is 27.3 Å². The Morgan fingerprint density at radius 3 is 2.67 bits per heavy atom. The average Bonchev–Trinajstić information content (AvgIpc) is 3.16. The number of thiazole rings is 1. The molecule has 0 atom stereocenters. The fourth-order valence-corrected chi connectivity index (χ4v) is 4.51. The van der Waals surface area contributed by atoms with Crippen molar-refractivity contribution in [3.8, 4) is 5.75 Å². The number of para-hydroxylation sites is 1. The second kappa shape index (κ2) is 8.63. The number of anilines is 1. The maximum Gasteiger partial charge on any atom is 0.267 e. The van der Waals surface area contributed by atoms with E-state index < -0.39 is 0 Å². The zero-order chi connectivity index (χ0) is 21.1. The van der Waals surface area contributed by atoms with Crippen LogP contribution in [0.25, 0.3) is 10.2 Å². The predicted octanol–water partition coefficient (Wildman–Crippen LogP) is 5.23. The molecule has 0 radical (unpaired) electrons. The molecule has 0 N–H and O–H groups in total. The number of benzene rings is 2. The van der Waals surface area contributed by atoms with Crippen LogP contribution in [0.5, 0.6) is 5.75 Å². The fourth-order valence-electron chi connectivity index (χ4n) is 3.35. The first-order valence-electron chi connectivity index (χ1n) is 9.77. The minimum atomic E-state index is -0.143. The zero-order valence-electron chi connectivity index (χ0n) is 17.3. The van der Waals surface area contributed by atoms with Crippen molar-refractivity contribution in [3.63, 3.8) is 0 Å². The highest BCUT2D eigenvalue weighted by Gasteiger charge is 2.22. The van der Waals surface area contributed by atoms with Gasteiger partial charge in [-0.05, 0) is 61.2 Å². The molecule has 1 amide bonds. The van der Waals surface area contributed by atoms with E-state index in [1.165, 1.54) is 16.9 Å². The molecule has 2 aromatic heterocycles. The van der Waals surface area contributed by atoms with E-state index in [2.05, 4.69) is 24.0 Å². The van der Waals surface area contributed by atoms with E-state index in [4.69, 9.17) is 9.72 Å². The van der Waals surface area contributed by atoms with Gasteiger partial charge in [0.1, 0.15) is 5.75 Å². The SMILES string of the molecule is Cc1cc(C)c2nc(N(Cc3cccnc3)C(=O)COc3ccccc3C)sc2c1. The standard InChI is InChI=1S/C24H23N3O2S/c1-16-11-18(3)23-21(12-16)30-24(26-23)27(14-19-8-6-10-25-13-19)22(28)15-29-20-9-5-4-7-17(20)2/h4-13H,14-15H2,1-3H3. The Balaban J connectivity index is 1.65. The summed E-state index contributed by atoms with van der Waals surface area (Å²) in [6, 6.07) is 15.7. The molecule has 30 heavy (non-hydrogen) atoms. The quantitative estimate of drug-likeness (QED) is 0.431. The second-order valence-corrected chi connectivity index (χ2v) is 8.33. The van der Waals surface area contributed by atoms with Gasteiger partial charge in [0.05, 0.1) is 16.8 Å². The first kappa shape index (κ1) is 20.0. The van der Waals surface area contributed by atoms with E-state index in [9.17, 15) is 4.79 Å². The monoisotopic (exact) mass is 417 g/mol. The largest absolute Gasteiger partial charge is 0.483 e. The fraction of sp³-hybridized carbons (Fsp3) is 0.208. The van der Waals surface area contributed by atoms with Crippen LogP contribution in [0.1, 0.15) is 22.3 Å². The van der Waals surface area contributed by atoms with Crippen LogP contribution in [0, 0.1) is 20.8 Å².